The Morgan fingerprint density at radius 1 is 1.20 bits per heavy atom. The highest BCUT2D eigenvalue weighted by Gasteiger charge is 2.01. The van der Waals surface area contributed by atoms with Gasteiger partial charge in [0.1, 0.15) is 0 Å². The lowest BCUT2D eigenvalue weighted by atomic mass is 10.2. The topological polar surface area (TPSA) is 41.1 Å². The Bertz CT molecular complexity index is 285. The van der Waals surface area contributed by atoms with Crippen LogP contribution in [0.15, 0.2) is 30.3 Å². The number of hydrogen-bond donors (Lipinski definition) is 2. The summed E-state index contributed by atoms with van der Waals surface area (Å²) in [5.41, 5.74) is 6.27. The Labute approximate surface area is 90.9 Å². The van der Waals surface area contributed by atoms with Gasteiger partial charge in [-0.15, -0.1) is 0 Å². The van der Waals surface area contributed by atoms with Gasteiger partial charge in [-0.1, -0.05) is 38.0 Å². The van der Waals surface area contributed by atoms with Gasteiger partial charge in [0.25, 0.3) is 5.91 Å². The van der Waals surface area contributed by atoms with Crippen molar-refractivity contribution in [2.45, 2.75) is 26.2 Å². The first-order valence-corrected chi connectivity index (χ1v) is 5.43. The van der Waals surface area contributed by atoms with Gasteiger partial charge in [-0.25, -0.2) is 5.43 Å². The van der Waals surface area contributed by atoms with Gasteiger partial charge >= 0.3 is 0 Å². The minimum Gasteiger partial charge on any atom is -0.287 e. The standard InChI is InChI=1S/C12H18N2O/c1-2-3-7-10-13-14-12(15)11-8-5-4-6-9-11/h4-6,8-9,13H,2-3,7,10H2,1H3,(H,14,15). The van der Waals surface area contributed by atoms with Gasteiger partial charge in [-0.2, -0.15) is 0 Å². The second-order valence-electron chi connectivity index (χ2n) is 3.45. The van der Waals surface area contributed by atoms with Crippen LogP contribution in [0.3, 0.4) is 0 Å². The summed E-state index contributed by atoms with van der Waals surface area (Å²) in [6.45, 7) is 2.98. The maximum absolute atomic E-state index is 11.5. The Kier molecular flexibility index (Phi) is 5.48. The predicted octanol–water partition coefficient (Wildman–Crippen LogP) is 2.11. The van der Waals surface area contributed by atoms with Crippen LogP contribution in [0.5, 0.6) is 0 Å². The molecule has 0 aliphatic rings. The van der Waals surface area contributed by atoms with E-state index in [1.807, 2.05) is 18.2 Å². The summed E-state index contributed by atoms with van der Waals surface area (Å²) < 4.78 is 0. The Morgan fingerprint density at radius 3 is 2.60 bits per heavy atom. The highest BCUT2D eigenvalue weighted by atomic mass is 16.2. The van der Waals surface area contributed by atoms with Crippen molar-refractivity contribution < 1.29 is 4.79 Å². The molecule has 3 nitrogen and oxygen atoms in total. The van der Waals surface area contributed by atoms with E-state index in [4.69, 9.17) is 0 Å². The third kappa shape index (κ3) is 4.61. The van der Waals surface area contributed by atoms with Gasteiger partial charge in [0.15, 0.2) is 0 Å². The van der Waals surface area contributed by atoms with Crippen molar-refractivity contribution in [3.63, 3.8) is 0 Å². The van der Waals surface area contributed by atoms with E-state index in [-0.39, 0.29) is 5.91 Å². The van der Waals surface area contributed by atoms with E-state index < -0.39 is 0 Å². The lowest BCUT2D eigenvalue weighted by molar-refractivity contribution is 0.0933. The van der Waals surface area contributed by atoms with E-state index in [0.717, 1.165) is 13.0 Å². The summed E-state index contributed by atoms with van der Waals surface area (Å²) in [6, 6.07) is 9.19. The van der Waals surface area contributed by atoms with Crippen molar-refractivity contribution in [3.8, 4) is 0 Å². The summed E-state index contributed by atoms with van der Waals surface area (Å²) in [5, 5.41) is 0. The fraction of sp³-hybridized carbons (Fsp3) is 0.417. The van der Waals surface area contributed by atoms with Crippen LogP contribution in [-0.4, -0.2) is 12.5 Å². The minimum atomic E-state index is -0.0768. The average Bonchev–Trinajstić information content (AvgIpc) is 2.30. The molecule has 0 saturated carbocycles. The Morgan fingerprint density at radius 2 is 1.93 bits per heavy atom. The third-order valence-corrected chi connectivity index (χ3v) is 2.14. The van der Waals surface area contributed by atoms with Crippen molar-refractivity contribution >= 4 is 5.91 Å². The molecule has 0 radical (unpaired) electrons. The number of amides is 1. The van der Waals surface area contributed by atoms with Crippen molar-refractivity contribution in [1.29, 1.82) is 0 Å². The summed E-state index contributed by atoms with van der Waals surface area (Å²) in [6.07, 6.45) is 3.47. The number of benzene rings is 1. The Hall–Kier alpha value is -1.35. The number of hydrogen-bond acceptors (Lipinski definition) is 2. The van der Waals surface area contributed by atoms with Crippen LogP contribution in [0.1, 0.15) is 36.5 Å². The van der Waals surface area contributed by atoms with Crippen molar-refractivity contribution in [2.24, 2.45) is 0 Å². The van der Waals surface area contributed by atoms with E-state index in [0.29, 0.717) is 5.56 Å². The average molecular weight is 206 g/mol. The molecule has 0 aliphatic carbocycles. The second-order valence-corrected chi connectivity index (χ2v) is 3.45. The zero-order valence-corrected chi connectivity index (χ0v) is 9.12. The molecule has 2 N–H and O–H groups in total. The molecule has 0 heterocycles. The molecule has 0 spiro atoms. The number of hydrazine groups is 1. The second kappa shape index (κ2) is 7.01. The summed E-state index contributed by atoms with van der Waals surface area (Å²) >= 11 is 0. The molecule has 82 valence electrons. The molecule has 0 fully saturated rings. The molecule has 0 bridgehead atoms. The maximum atomic E-state index is 11.5. The fourth-order valence-corrected chi connectivity index (χ4v) is 1.27. The van der Waals surface area contributed by atoms with E-state index in [9.17, 15) is 4.79 Å². The smallest absolute Gasteiger partial charge is 0.265 e. The van der Waals surface area contributed by atoms with Crippen molar-refractivity contribution in [1.82, 2.24) is 10.9 Å². The maximum Gasteiger partial charge on any atom is 0.265 e. The van der Waals surface area contributed by atoms with Gasteiger partial charge in [0.2, 0.25) is 0 Å². The quantitative estimate of drug-likeness (QED) is 0.553. The van der Waals surface area contributed by atoms with E-state index in [2.05, 4.69) is 17.8 Å². The van der Waals surface area contributed by atoms with Crippen LogP contribution in [0.25, 0.3) is 0 Å². The molecule has 1 amide bonds. The van der Waals surface area contributed by atoms with Crippen molar-refractivity contribution in [2.75, 3.05) is 6.54 Å². The fourth-order valence-electron chi connectivity index (χ4n) is 1.27. The zero-order valence-electron chi connectivity index (χ0n) is 9.12. The lowest BCUT2D eigenvalue weighted by Crippen LogP contribution is -2.37. The normalized spacial score (nSPS) is 9.93. The monoisotopic (exact) mass is 206 g/mol. The summed E-state index contributed by atoms with van der Waals surface area (Å²) in [5.74, 6) is -0.0768. The molecule has 0 aliphatic heterocycles. The molecular weight excluding hydrogens is 188 g/mol. The SMILES string of the molecule is CCCCCNNC(=O)c1ccccc1. The molecule has 1 rings (SSSR count). The number of nitrogens with one attached hydrogen (secondary N) is 2. The third-order valence-electron chi connectivity index (χ3n) is 2.14. The van der Waals surface area contributed by atoms with E-state index in [1.165, 1.54) is 12.8 Å². The van der Waals surface area contributed by atoms with Crippen LogP contribution in [0, 0.1) is 0 Å². The van der Waals surface area contributed by atoms with Crippen LogP contribution in [-0.2, 0) is 0 Å². The molecular formula is C12H18N2O. The predicted molar refractivity (Wildman–Crippen MR) is 61.4 cm³/mol. The van der Waals surface area contributed by atoms with Crippen LogP contribution in [0.2, 0.25) is 0 Å². The molecule has 0 aromatic heterocycles. The van der Waals surface area contributed by atoms with Crippen LogP contribution in [0.4, 0.5) is 0 Å². The van der Waals surface area contributed by atoms with Gasteiger partial charge < -0.3 is 0 Å². The first-order chi connectivity index (χ1) is 7.34. The lowest BCUT2D eigenvalue weighted by Gasteiger charge is -2.06. The zero-order chi connectivity index (χ0) is 10.9. The minimum absolute atomic E-state index is 0.0768. The molecule has 0 saturated heterocycles. The number of unbranched alkanes of at least 4 members (excludes halogenated alkanes) is 2. The van der Waals surface area contributed by atoms with E-state index >= 15 is 0 Å². The molecule has 1 aromatic rings. The molecule has 0 unspecified atom stereocenters. The van der Waals surface area contributed by atoms with Gasteiger partial charge in [-0.3, -0.25) is 10.2 Å². The van der Waals surface area contributed by atoms with E-state index in [1.54, 1.807) is 12.1 Å². The highest BCUT2D eigenvalue weighted by Crippen LogP contribution is 1.96. The summed E-state index contributed by atoms with van der Waals surface area (Å²) in [7, 11) is 0. The van der Waals surface area contributed by atoms with Crippen LogP contribution >= 0.6 is 0 Å². The van der Waals surface area contributed by atoms with Crippen molar-refractivity contribution in [3.05, 3.63) is 35.9 Å². The van der Waals surface area contributed by atoms with Gasteiger partial charge in [0, 0.05) is 12.1 Å². The Balaban J connectivity index is 2.20. The number of carbonyl (C=O) groups is 1. The molecule has 1 aromatic carbocycles. The highest BCUT2D eigenvalue weighted by molar-refractivity contribution is 5.93. The summed E-state index contributed by atoms with van der Waals surface area (Å²) in [4.78, 5) is 11.5. The van der Waals surface area contributed by atoms with Gasteiger partial charge in [-0.05, 0) is 18.6 Å². The largest absolute Gasteiger partial charge is 0.287 e. The first-order valence-electron chi connectivity index (χ1n) is 5.43. The van der Waals surface area contributed by atoms with Gasteiger partial charge in [0.05, 0.1) is 0 Å². The number of carbonyl (C=O) groups excluding carboxylic acids is 1. The molecule has 3 heteroatoms. The van der Waals surface area contributed by atoms with Crippen LogP contribution < -0.4 is 10.9 Å². The molecule has 0 atom stereocenters. The number of rotatable bonds is 6. The molecule has 15 heavy (non-hydrogen) atoms. The first kappa shape index (κ1) is 11.7.